The zero-order valence-electron chi connectivity index (χ0n) is 19.4. The molecule has 1 fully saturated rings. The highest BCUT2D eigenvalue weighted by Gasteiger charge is 2.54. The number of rotatable bonds is 11. The smallest absolute Gasteiger partial charge is 0.317 e. The van der Waals surface area contributed by atoms with Crippen LogP contribution in [-0.2, 0) is 30.2 Å². The number of methoxy groups -OCH3 is 1. The second-order valence-electron chi connectivity index (χ2n) is 8.28. The number of ether oxygens (including phenoxy) is 5. The van der Waals surface area contributed by atoms with Gasteiger partial charge in [0.1, 0.15) is 29.7 Å². The number of fused-ring (bicyclic) bond motifs is 1. The SMILES string of the molecule is C=CCOC(=O)[C@@H]1C[C@]2([C@@H](C)Cc3cc(OCCCC)c(OC)cc3F)OCOC2=CC1=O. The topological polar surface area (TPSA) is 80.3 Å². The standard InChI is InChI=1S/C25H31FO7/c1-5-7-9-30-22-11-17(19(26)12-21(22)29-4)10-16(3)25-14-18(24(28)31-8-6-2)20(27)13-23(25)32-15-33-25/h6,11-13,16,18H,2,5,7-10,14-15H2,1,3-4H3/t16-,18+,25+/m0/s1. The highest BCUT2D eigenvalue weighted by molar-refractivity contribution is 6.06. The minimum absolute atomic E-state index is 0.0109. The Morgan fingerprint density at radius 2 is 2.18 bits per heavy atom. The summed E-state index contributed by atoms with van der Waals surface area (Å²) < 4.78 is 42.6. The number of unbranched alkanes of at least 4 members (excludes halogenated alkanes) is 1. The molecule has 3 rings (SSSR count). The lowest BCUT2D eigenvalue weighted by Gasteiger charge is -2.37. The predicted molar refractivity (Wildman–Crippen MR) is 118 cm³/mol. The molecule has 0 saturated carbocycles. The van der Waals surface area contributed by atoms with Gasteiger partial charge in [0.15, 0.2) is 24.1 Å². The number of allylic oxidation sites excluding steroid dienone is 1. The molecule has 33 heavy (non-hydrogen) atoms. The van der Waals surface area contributed by atoms with E-state index in [0.29, 0.717) is 29.4 Å². The Kier molecular flexibility index (Phi) is 8.13. The van der Waals surface area contributed by atoms with Crippen LogP contribution in [0.3, 0.4) is 0 Å². The summed E-state index contributed by atoms with van der Waals surface area (Å²) in [5.74, 6) is -1.65. The van der Waals surface area contributed by atoms with Gasteiger partial charge in [0.2, 0.25) is 0 Å². The Morgan fingerprint density at radius 1 is 1.39 bits per heavy atom. The van der Waals surface area contributed by atoms with E-state index in [9.17, 15) is 14.0 Å². The van der Waals surface area contributed by atoms with E-state index in [1.54, 1.807) is 6.07 Å². The maximum absolute atomic E-state index is 14.9. The summed E-state index contributed by atoms with van der Waals surface area (Å²) >= 11 is 0. The lowest BCUT2D eigenvalue weighted by Crippen LogP contribution is -2.47. The van der Waals surface area contributed by atoms with E-state index >= 15 is 0 Å². The molecular weight excluding hydrogens is 431 g/mol. The predicted octanol–water partition coefficient (Wildman–Crippen LogP) is 4.14. The Bertz CT molecular complexity index is 926. The number of ketones is 1. The summed E-state index contributed by atoms with van der Waals surface area (Å²) in [6.45, 7) is 7.92. The first-order chi connectivity index (χ1) is 15.9. The van der Waals surface area contributed by atoms with Gasteiger partial charge in [0.05, 0.1) is 13.7 Å². The maximum atomic E-state index is 14.9. The molecule has 3 atom stereocenters. The molecule has 2 aliphatic rings. The van der Waals surface area contributed by atoms with Crippen LogP contribution in [0.5, 0.6) is 11.5 Å². The molecule has 1 aliphatic carbocycles. The first-order valence-electron chi connectivity index (χ1n) is 11.2. The van der Waals surface area contributed by atoms with Gasteiger partial charge >= 0.3 is 5.97 Å². The van der Waals surface area contributed by atoms with Crippen LogP contribution in [-0.4, -0.2) is 44.5 Å². The molecule has 1 heterocycles. The van der Waals surface area contributed by atoms with E-state index in [4.69, 9.17) is 23.7 Å². The molecule has 1 aliphatic heterocycles. The average Bonchev–Trinajstić information content (AvgIpc) is 3.22. The molecule has 0 bridgehead atoms. The molecule has 0 unspecified atom stereocenters. The van der Waals surface area contributed by atoms with E-state index < -0.39 is 29.1 Å². The van der Waals surface area contributed by atoms with Crippen LogP contribution in [0.1, 0.15) is 38.7 Å². The zero-order chi connectivity index (χ0) is 24.0. The molecule has 8 heteroatoms. The second kappa shape index (κ2) is 10.8. The van der Waals surface area contributed by atoms with E-state index in [1.165, 1.54) is 25.3 Å². The van der Waals surface area contributed by atoms with Gasteiger partial charge in [0, 0.05) is 18.6 Å². The van der Waals surface area contributed by atoms with Crippen molar-refractivity contribution in [2.75, 3.05) is 27.1 Å². The van der Waals surface area contributed by atoms with E-state index in [2.05, 4.69) is 13.5 Å². The van der Waals surface area contributed by atoms with Crippen LogP contribution >= 0.6 is 0 Å². The van der Waals surface area contributed by atoms with Crippen molar-refractivity contribution in [1.29, 1.82) is 0 Å². The van der Waals surface area contributed by atoms with Crippen molar-refractivity contribution in [1.82, 2.24) is 0 Å². The number of hydrogen-bond donors (Lipinski definition) is 0. The number of esters is 1. The van der Waals surface area contributed by atoms with Crippen LogP contribution in [0.2, 0.25) is 0 Å². The lowest BCUT2D eigenvalue weighted by atomic mass is 9.72. The number of carbonyl (C=O) groups is 2. The highest BCUT2D eigenvalue weighted by atomic mass is 19.1. The maximum Gasteiger partial charge on any atom is 0.317 e. The Balaban J connectivity index is 1.86. The lowest BCUT2D eigenvalue weighted by molar-refractivity contribution is -0.154. The molecule has 0 radical (unpaired) electrons. The van der Waals surface area contributed by atoms with Gasteiger partial charge in [0.25, 0.3) is 0 Å². The molecular formula is C25H31FO7. The van der Waals surface area contributed by atoms with Crippen LogP contribution in [0.4, 0.5) is 4.39 Å². The number of hydrogen-bond acceptors (Lipinski definition) is 7. The van der Waals surface area contributed by atoms with Gasteiger partial charge in [-0.3, -0.25) is 9.59 Å². The second-order valence-corrected chi connectivity index (χ2v) is 8.28. The molecule has 0 amide bonds. The summed E-state index contributed by atoms with van der Waals surface area (Å²) in [7, 11) is 1.47. The first-order valence-corrected chi connectivity index (χ1v) is 11.2. The highest BCUT2D eigenvalue weighted by Crippen LogP contribution is 2.46. The molecule has 180 valence electrons. The molecule has 1 saturated heterocycles. The third kappa shape index (κ3) is 5.21. The Hall–Kier alpha value is -2.87. The molecule has 0 N–H and O–H groups in total. The summed E-state index contributed by atoms with van der Waals surface area (Å²) in [5.41, 5.74) is -0.622. The quantitative estimate of drug-likeness (QED) is 0.212. The molecule has 0 aromatic heterocycles. The zero-order valence-corrected chi connectivity index (χ0v) is 19.4. The van der Waals surface area contributed by atoms with Crippen LogP contribution < -0.4 is 9.47 Å². The van der Waals surface area contributed by atoms with E-state index in [-0.39, 0.29) is 32.2 Å². The summed E-state index contributed by atoms with van der Waals surface area (Å²) in [5, 5.41) is 0. The first kappa shape index (κ1) is 24.8. The fourth-order valence-corrected chi connectivity index (χ4v) is 4.20. The molecule has 0 spiro atoms. The van der Waals surface area contributed by atoms with Crippen molar-refractivity contribution in [2.24, 2.45) is 11.8 Å². The minimum atomic E-state index is -1.04. The van der Waals surface area contributed by atoms with Crippen molar-refractivity contribution >= 4 is 11.8 Å². The van der Waals surface area contributed by atoms with Gasteiger partial charge in [-0.2, -0.15) is 0 Å². The third-order valence-corrected chi connectivity index (χ3v) is 6.11. The van der Waals surface area contributed by atoms with Crippen LogP contribution in [0.15, 0.2) is 36.6 Å². The fraction of sp³-hybridized carbons (Fsp3) is 0.520. The Labute approximate surface area is 193 Å². The van der Waals surface area contributed by atoms with Gasteiger partial charge in [-0.25, -0.2) is 4.39 Å². The van der Waals surface area contributed by atoms with Gasteiger partial charge in [-0.15, -0.1) is 0 Å². The van der Waals surface area contributed by atoms with Crippen LogP contribution in [0.25, 0.3) is 0 Å². The Morgan fingerprint density at radius 3 is 2.88 bits per heavy atom. The van der Waals surface area contributed by atoms with Crippen LogP contribution in [0, 0.1) is 17.7 Å². The largest absolute Gasteiger partial charge is 0.493 e. The normalized spacial score (nSPS) is 22.6. The molecule has 7 nitrogen and oxygen atoms in total. The fourth-order valence-electron chi connectivity index (χ4n) is 4.20. The van der Waals surface area contributed by atoms with Crippen molar-refractivity contribution in [2.45, 2.75) is 45.1 Å². The van der Waals surface area contributed by atoms with Gasteiger partial charge in [-0.1, -0.05) is 32.9 Å². The molecule has 1 aromatic rings. The van der Waals surface area contributed by atoms with E-state index in [0.717, 1.165) is 12.8 Å². The summed E-state index contributed by atoms with van der Waals surface area (Å²) in [4.78, 5) is 25.0. The molecule has 1 aromatic carbocycles. The van der Waals surface area contributed by atoms with Crippen molar-refractivity contribution in [3.63, 3.8) is 0 Å². The monoisotopic (exact) mass is 462 g/mol. The minimum Gasteiger partial charge on any atom is -0.493 e. The van der Waals surface area contributed by atoms with Gasteiger partial charge in [-0.05, 0) is 30.4 Å². The van der Waals surface area contributed by atoms with Crippen molar-refractivity contribution in [3.8, 4) is 11.5 Å². The third-order valence-electron chi connectivity index (χ3n) is 6.11. The van der Waals surface area contributed by atoms with E-state index in [1.807, 2.05) is 6.92 Å². The summed E-state index contributed by atoms with van der Waals surface area (Å²) in [6.07, 6.45) is 4.91. The number of carbonyl (C=O) groups excluding carboxylic acids is 2. The average molecular weight is 463 g/mol. The van der Waals surface area contributed by atoms with Crippen molar-refractivity contribution < 1.29 is 37.7 Å². The van der Waals surface area contributed by atoms with Gasteiger partial charge < -0.3 is 23.7 Å². The number of benzene rings is 1. The number of halogens is 1. The van der Waals surface area contributed by atoms with Crippen molar-refractivity contribution in [3.05, 3.63) is 48.0 Å². The summed E-state index contributed by atoms with van der Waals surface area (Å²) in [6, 6.07) is 2.95.